The summed E-state index contributed by atoms with van der Waals surface area (Å²) in [5.41, 5.74) is 3.79. The Kier molecular flexibility index (Phi) is 6.79. The number of hydrogen-bond acceptors (Lipinski definition) is 5. The number of urea groups is 1. The van der Waals surface area contributed by atoms with Gasteiger partial charge < -0.3 is 19.7 Å². The Morgan fingerprint density at radius 3 is 2.59 bits per heavy atom. The first-order chi connectivity index (χ1) is 14.0. The summed E-state index contributed by atoms with van der Waals surface area (Å²) in [5.74, 6) is 0.347. The Morgan fingerprint density at radius 1 is 1.24 bits per heavy atom. The number of nitrogens with one attached hydrogen (secondary N) is 1. The maximum atomic E-state index is 13.0. The molecule has 7 heteroatoms. The largest absolute Gasteiger partial charge is 0.497 e. The van der Waals surface area contributed by atoms with Gasteiger partial charge in [0.15, 0.2) is 0 Å². The van der Waals surface area contributed by atoms with Crippen LogP contribution in [-0.2, 0) is 22.4 Å². The average molecular weight is 417 g/mol. The van der Waals surface area contributed by atoms with E-state index in [2.05, 4.69) is 19.2 Å². The first kappa shape index (κ1) is 21.2. The molecule has 0 radical (unpaired) electrons. The summed E-state index contributed by atoms with van der Waals surface area (Å²) in [5, 5.41) is 2.72. The third kappa shape index (κ3) is 4.40. The van der Waals surface area contributed by atoms with Crippen molar-refractivity contribution in [3.8, 4) is 5.75 Å². The van der Waals surface area contributed by atoms with Crippen LogP contribution in [0.3, 0.4) is 0 Å². The smallest absolute Gasteiger partial charge is 0.325 e. The monoisotopic (exact) mass is 416 g/mol. The van der Waals surface area contributed by atoms with Crippen molar-refractivity contribution in [3.63, 3.8) is 0 Å². The highest BCUT2D eigenvalue weighted by molar-refractivity contribution is 7.12. The number of fused-ring (bicyclic) bond motifs is 1. The van der Waals surface area contributed by atoms with E-state index in [0.717, 1.165) is 24.2 Å². The van der Waals surface area contributed by atoms with Crippen molar-refractivity contribution in [2.45, 2.75) is 39.7 Å². The molecule has 2 amide bonds. The molecule has 1 aliphatic rings. The van der Waals surface area contributed by atoms with Gasteiger partial charge in [-0.2, -0.15) is 0 Å². The van der Waals surface area contributed by atoms with E-state index in [0.29, 0.717) is 13.2 Å². The fourth-order valence-corrected chi connectivity index (χ4v) is 5.35. The Labute approximate surface area is 175 Å². The van der Waals surface area contributed by atoms with E-state index >= 15 is 0 Å². The Morgan fingerprint density at radius 2 is 1.97 bits per heavy atom. The van der Waals surface area contributed by atoms with Crippen LogP contribution in [0.2, 0.25) is 0 Å². The van der Waals surface area contributed by atoms with Gasteiger partial charge in [0.25, 0.3) is 0 Å². The lowest BCUT2D eigenvalue weighted by Crippen LogP contribution is -2.47. The number of amides is 2. The maximum absolute atomic E-state index is 13.0. The van der Waals surface area contributed by atoms with Crippen LogP contribution in [0.1, 0.15) is 46.3 Å². The number of methoxy groups -OCH3 is 1. The number of aryl methyl sites for hydroxylation is 1. The van der Waals surface area contributed by atoms with Crippen molar-refractivity contribution in [2.75, 3.05) is 26.8 Å². The summed E-state index contributed by atoms with van der Waals surface area (Å²) >= 11 is 1.76. The van der Waals surface area contributed by atoms with Crippen LogP contribution < -0.4 is 10.1 Å². The summed E-state index contributed by atoms with van der Waals surface area (Å²) in [6.07, 6.45) is 1.81. The van der Waals surface area contributed by atoms with Crippen molar-refractivity contribution >= 4 is 23.3 Å². The molecule has 29 heavy (non-hydrogen) atoms. The van der Waals surface area contributed by atoms with Gasteiger partial charge in [-0.3, -0.25) is 4.79 Å². The second-order valence-corrected chi connectivity index (χ2v) is 8.17. The van der Waals surface area contributed by atoms with Crippen molar-refractivity contribution < 1.29 is 19.1 Å². The highest BCUT2D eigenvalue weighted by Crippen LogP contribution is 2.43. The van der Waals surface area contributed by atoms with E-state index in [1.165, 1.54) is 20.9 Å². The lowest BCUT2D eigenvalue weighted by molar-refractivity contribution is -0.141. The highest BCUT2D eigenvalue weighted by atomic mass is 32.1. The van der Waals surface area contributed by atoms with Gasteiger partial charge in [-0.25, -0.2) is 4.79 Å². The zero-order valence-electron chi connectivity index (χ0n) is 17.4. The first-order valence-corrected chi connectivity index (χ1v) is 10.8. The number of ether oxygens (including phenoxy) is 2. The molecule has 0 spiro atoms. The molecule has 156 valence electrons. The molecule has 1 atom stereocenters. The van der Waals surface area contributed by atoms with E-state index in [4.69, 9.17) is 9.47 Å². The number of esters is 1. The molecule has 6 nitrogen and oxygen atoms in total. The van der Waals surface area contributed by atoms with Gasteiger partial charge >= 0.3 is 12.0 Å². The van der Waals surface area contributed by atoms with Gasteiger partial charge in [-0.05, 0) is 55.5 Å². The van der Waals surface area contributed by atoms with Crippen LogP contribution in [0.4, 0.5) is 4.79 Å². The molecule has 3 rings (SSSR count). The molecule has 0 fully saturated rings. The molecule has 0 aliphatic carbocycles. The van der Waals surface area contributed by atoms with Crippen molar-refractivity contribution in [1.82, 2.24) is 10.2 Å². The van der Waals surface area contributed by atoms with E-state index < -0.39 is 5.97 Å². The molecular formula is C22H28N2O4S. The lowest BCUT2D eigenvalue weighted by Gasteiger charge is -2.36. The molecule has 0 bridgehead atoms. The zero-order chi connectivity index (χ0) is 21.0. The van der Waals surface area contributed by atoms with Crippen LogP contribution >= 0.6 is 11.3 Å². The topological polar surface area (TPSA) is 67.9 Å². The number of thiophene rings is 1. The SMILES string of the molecule is CCOC(=O)CNC(=O)N1CCc2c(sc(C)c2CC)[C@@H]1c1ccc(OC)cc1. The Hall–Kier alpha value is -2.54. The molecule has 1 aliphatic heterocycles. The third-order valence-corrected chi connectivity index (χ3v) is 6.49. The van der Waals surface area contributed by atoms with E-state index in [1.54, 1.807) is 25.4 Å². The summed E-state index contributed by atoms with van der Waals surface area (Å²) in [7, 11) is 1.64. The Balaban J connectivity index is 1.94. The summed E-state index contributed by atoms with van der Waals surface area (Å²) < 4.78 is 10.2. The van der Waals surface area contributed by atoms with Crippen LogP contribution in [0.5, 0.6) is 5.75 Å². The minimum Gasteiger partial charge on any atom is -0.497 e. The molecule has 2 aromatic rings. The number of carbonyl (C=O) groups excluding carboxylic acids is 2. The molecule has 1 aromatic carbocycles. The van der Waals surface area contributed by atoms with Gasteiger partial charge in [-0.1, -0.05) is 19.1 Å². The predicted molar refractivity (Wildman–Crippen MR) is 114 cm³/mol. The minimum absolute atomic E-state index is 0.130. The van der Waals surface area contributed by atoms with Gasteiger partial charge in [0.2, 0.25) is 0 Å². The number of nitrogens with zero attached hydrogens (tertiary/aromatic N) is 1. The number of benzene rings is 1. The maximum Gasteiger partial charge on any atom is 0.325 e. The van der Waals surface area contributed by atoms with E-state index in [-0.39, 0.29) is 18.6 Å². The summed E-state index contributed by atoms with van der Waals surface area (Å²) in [6, 6.07) is 7.40. The quantitative estimate of drug-likeness (QED) is 0.727. The second-order valence-electron chi connectivity index (χ2n) is 6.92. The molecule has 1 N–H and O–H groups in total. The van der Waals surface area contributed by atoms with Crippen LogP contribution in [-0.4, -0.2) is 43.7 Å². The minimum atomic E-state index is -0.431. The fourth-order valence-electron chi connectivity index (χ4n) is 3.91. The molecule has 0 saturated carbocycles. The number of hydrogen-bond donors (Lipinski definition) is 1. The normalized spacial score (nSPS) is 15.6. The van der Waals surface area contributed by atoms with Crippen molar-refractivity contribution in [3.05, 3.63) is 50.7 Å². The van der Waals surface area contributed by atoms with Gasteiger partial charge in [-0.15, -0.1) is 11.3 Å². The standard InChI is InChI=1S/C22H28N2O4S/c1-5-17-14(3)29-21-18(17)11-12-24(22(26)23-13-19(25)28-6-2)20(21)15-7-9-16(27-4)10-8-15/h7-10,20H,5-6,11-13H2,1-4H3,(H,23,26)/t20-/m0/s1. The number of carbonyl (C=O) groups is 2. The zero-order valence-corrected chi connectivity index (χ0v) is 18.2. The second kappa shape index (κ2) is 9.31. The predicted octanol–water partition coefficient (Wildman–Crippen LogP) is 3.85. The summed E-state index contributed by atoms with van der Waals surface area (Å²) in [6.45, 7) is 6.84. The van der Waals surface area contributed by atoms with E-state index in [1.807, 2.05) is 29.2 Å². The Bertz CT molecular complexity index is 876. The van der Waals surface area contributed by atoms with E-state index in [9.17, 15) is 9.59 Å². The van der Waals surface area contributed by atoms with Gasteiger partial charge in [0, 0.05) is 16.3 Å². The molecular weight excluding hydrogens is 388 g/mol. The van der Waals surface area contributed by atoms with Gasteiger partial charge in [0.05, 0.1) is 19.8 Å². The highest BCUT2D eigenvalue weighted by Gasteiger charge is 2.35. The van der Waals surface area contributed by atoms with Crippen molar-refractivity contribution in [2.24, 2.45) is 0 Å². The average Bonchev–Trinajstić information content (AvgIpc) is 3.06. The fraction of sp³-hybridized carbons (Fsp3) is 0.455. The first-order valence-electron chi connectivity index (χ1n) is 9.95. The molecule has 0 saturated heterocycles. The molecule has 1 aromatic heterocycles. The van der Waals surface area contributed by atoms with Gasteiger partial charge in [0.1, 0.15) is 12.3 Å². The van der Waals surface area contributed by atoms with Crippen LogP contribution in [0, 0.1) is 6.92 Å². The van der Waals surface area contributed by atoms with Crippen molar-refractivity contribution in [1.29, 1.82) is 0 Å². The van der Waals surface area contributed by atoms with Crippen LogP contribution in [0.25, 0.3) is 0 Å². The summed E-state index contributed by atoms with van der Waals surface area (Å²) in [4.78, 5) is 29.0. The number of rotatable bonds is 6. The van der Waals surface area contributed by atoms with Crippen LogP contribution in [0.15, 0.2) is 24.3 Å². The lowest BCUT2D eigenvalue weighted by atomic mass is 9.92. The third-order valence-electron chi connectivity index (χ3n) is 5.25. The molecule has 2 heterocycles. The molecule has 0 unspecified atom stereocenters.